The largest absolute Gasteiger partial charge is 0.502 e. The van der Waals surface area contributed by atoms with Crippen LogP contribution in [0, 0.1) is 5.82 Å². The highest BCUT2D eigenvalue weighted by atomic mass is 19.1. The van der Waals surface area contributed by atoms with Crippen molar-refractivity contribution in [3.63, 3.8) is 0 Å². The van der Waals surface area contributed by atoms with Crippen molar-refractivity contribution >= 4 is 23.4 Å². The van der Waals surface area contributed by atoms with Crippen molar-refractivity contribution in [2.45, 2.75) is 6.29 Å². The van der Waals surface area contributed by atoms with Crippen molar-refractivity contribution in [3.05, 3.63) is 30.1 Å². The summed E-state index contributed by atoms with van der Waals surface area (Å²) in [5.41, 5.74) is 0.689. The zero-order valence-corrected chi connectivity index (χ0v) is 14.6. The van der Waals surface area contributed by atoms with Crippen LogP contribution < -0.4 is 4.90 Å². The summed E-state index contributed by atoms with van der Waals surface area (Å²) in [6, 6.07) is 5.85. The summed E-state index contributed by atoms with van der Waals surface area (Å²) in [7, 11) is 0. The third-order valence-electron chi connectivity index (χ3n) is 4.87. The van der Waals surface area contributed by atoms with Gasteiger partial charge in [0, 0.05) is 37.0 Å². The number of ether oxygens (including phenoxy) is 1. The van der Waals surface area contributed by atoms with Crippen molar-refractivity contribution in [3.8, 4) is 0 Å². The Kier molecular flexibility index (Phi) is 4.56. The Bertz CT molecular complexity index is 806. The highest BCUT2D eigenvalue weighted by molar-refractivity contribution is 6.31. The van der Waals surface area contributed by atoms with Crippen LogP contribution in [0.5, 0.6) is 0 Å². The highest BCUT2D eigenvalue weighted by Crippen LogP contribution is 2.27. The molecule has 142 valence electrons. The van der Waals surface area contributed by atoms with E-state index in [1.807, 2.05) is 0 Å². The first kappa shape index (κ1) is 17.5. The third kappa shape index (κ3) is 3.27. The van der Waals surface area contributed by atoms with Crippen LogP contribution in [0.15, 0.2) is 29.4 Å². The van der Waals surface area contributed by atoms with Crippen LogP contribution in [-0.4, -0.2) is 84.4 Å². The molecule has 3 aliphatic heterocycles. The Morgan fingerprint density at radius 2 is 1.78 bits per heavy atom. The van der Waals surface area contributed by atoms with E-state index in [1.165, 1.54) is 17.0 Å². The monoisotopic (exact) mass is 376 g/mol. The van der Waals surface area contributed by atoms with E-state index in [4.69, 9.17) is 4.74 Å². The minimum atomic E-state index is -0.811. The number of carbonyl (C=O) groups is 3. The van der Waals surface area contributed by atoms with E-state index in [0.29, 0.717) is 45.1 Å². The van der Waals surface area contributed by atoms with Gasteiger partial charge >= 0.3 is 11.8 Å². The van der Waals surface area contributed by atoms with E-state index in [9.17, 15) is 18.8 Å². The Labute approximate surface area is 154 Å². The second-order valence-electron chi connectivity index (χ2n) is 6.49. The molecule has 1 unspecified atom stereocenters. The summed E-state index contributed by atoms with van der Waals surface area (Å²) in [5.74, 6) is -2.13. The van der Waals surface area contributed by atoms with Crippen LogP contribution in [0.1, 0.15) is 0 Å². The molecule has 1 aromatic rings. The number of anilines is 1. The molecule has 0 radical (unpaired) electrons. The fraction of sp³-hybridized carbons (Fsp3) is 0.471. The van der Waals surface area contributed by atoms with Crippen molar-refractivity contribution in [2.24, 2.45) is 5.11 Å². The van der Waals surface area contributed by atoms with Gasteiger partial charge in [0.25, 0.3) is 18.7 Å². The number of nitrogens with zero attached hydrogens (tertiary/aromatic N) is 5. The van der Waals surface area contributed by atoms with Gasteiger partial charge in [-0.1, -0.05) is 0 Å². The molecule has 1 atom stereocenters. The highest BCUT2D eigenvalue weighted by Gasteiger charge is 2.50. The number of hydrogen-bond acceptors (Lipinski definition) is 6. The predicted molar refractivity (Wildman–Crippen MR) is 89.2 cm³/mol. The molecule has 0 spiro atoms. The molecule has 4 rings (SSSR count). The third-order valence-corrected chi connectivity index (χ3v) is 4.87. The molecule has 0 saturated carbocycles. The van der Waals surface area contributed by atoms with Crippen LogP contribution in [0.2, 0.25) is 0 Å². The maximum absolute atomic E-state index is 13.2. The maximum atomic E-state index is 13.2. The molecule has 1 aromatic carbocycles. The molecule has 3 amide bonds. The Morgan fingerprint density at radius 3 is 2.48 bits per heavy atom. The lowest BCUT2D eigenvalue weighted by molar-refractivity contribution is -0.510. The number of morpholine rings is 1. The van der Waals surface area contributed by atoms with Crippen LogP contribution in [0.4, 0.5) is 10.1 Å². The number of amides is 3. The van der Waals surface area contributed by atoms with Gasteiger partial charge in [0.15, 0.2) is 0 Å². The van der Waals surface area contributed by atoms with Crippen LogP contribution >= 0.6 is 0 Å². The van der Waals surface area contributed by atoms with E-state index in [1.54, 1.807) is 21.9 Å². The van der Waals surface area contributed by atoms with Gasteiger partial charge in [0.2, 0.25) is 0 Å². The number of rotatable bonds is 3. The molecule has 9 nitrogen and oxygen atoms in total. The summed E-state index contributed by atoms with van der Waals surface area (Å²) in [4.78, 5) is 42.0. The number of benzene rings is 1. The predicted octanol–water partition coefficient (Wildman–Crippen LogP) is -0.378. The minimum Gasteiger partial charge on any atom is -0.378 e. The van der Waals surface area contributed by atoms with E-state index < -0.39 is 18.1 Å². The number of fused-ring (bicyclic) bond motifs is 1. The molecule has 0 aliphatic carbocycles. The van der Waals surface area contributed by atoms with Crippen molar-refractivity contribution in [1.82, 2.24) is 9.80 Å². The molecule has 27 heavy (non-hydrogen) atoms. The average molecular weight is 376 g/mol. The van der Waals surface area contributed by atoms with Crippen LogP contribution in [0.25, 0.3) is 0 Å². The second-order valence-corrected chi connectivity index (χ2v) is 6.49. The summed E-state index contributed by atoms with van der Waals surface area (Å²) >= 11 is 0. The average Bonchev–Trinajstić information content (AvgIpc) is 3.11. The first-order chi connectivity index (χ1) is 13.0. The molecule has 3 aliphatic rings. The molecule has 3 heterocycles. The van der Waals surface area contributed by atoms with E-state index in [0.717, 1.165) is 4.70 Å². The quantitative estimate of drug-likeness (QED) is 0.530. The smallest absolute Gasteiger partial charge is 0.378 e. The first-order valence-corrected chi connectivity index (χ1v) is 8.75. The minimum absolute atomic E-state index is 0.275. The molecule has 2 fully saturated rings. The summed E-state index contributed by atoms with van der Waals surface area (Å²) in [6.45, 7) is 2.31. The zero-order chi connectivity index (χ0) is 19.0. The van der Waals surface area contributed by atoms with Gasteiger partial charge in [-0.05, 0) is 29.0 Å². The van der Waals surface area contributed by atoms with E-state index >= 15 is 0 Å². The maximum Gasteiger partial charge on any atom is 0.502 e. The fourth-order valence-electron chi connectivity index (χ4n) is 3.40. The second kappa shape index (κ2) is 7.03. The Morgan fingerprint density at radius 1 is 1.11 bits per heavy atom. The van der Waals surface area contributed by atoms with Gasteiger partial charge in [-0.15, -0.1) is 0 Å². The summed E-state index contributed by atoms with van der Waals surface area (Å²) < 4.78 is 19.4. The number of hydrogen-bond donors (Lipinski definition) is 0. The number of azo groups is 2. The lowest BCUT2D eigenvalue weighted by atomic mass is 10.3. The van der Waals surface area contributed by atoms with Crippen molar-refractivity contribution < 1.29 is 28.2 Å². The number of carbonyl (C=O) groups excluding carboxylic acids is 3. The molecule has 0 N–H and O–H groups in total. The van der Waals surface area contributed by atoms with E-state index in [2.05, 4.69) is 5.11 Å². The standard InChI is InChI=1S/C17H19FN5O4/c18-12-1-3-13(4-2-12)21-5-6-22-15(25)16(26)23(19-17(21)22)11-14(24)20-7-9-27-10-8-20/h1-4,17H,5-11H2/q+1. The molecule has 0 bridgehead atoms. The number of halogens is 1. The van der Waals surface area contributed by atoms with Gasteiger partial charge in [-0.25, -0.2) is 9.18 Å². The van der Waals surface area contributed by atoms with Gasteiger partial charge in [0.1, 0.15) is 5.82 Å². The van der Waals surface area contributed by atoms with Crippen LogP contribution in [0.3, 0.4) is 0 Å². The Hall–Kier alpha value is -2.88. The lowest BCUT2D eigenvalue weighted by Crippen LogP contribution is -2.54. The molecule has 2 saturated heterocycles. The van der Waals surface area contributed by atoms with Gasteiger partial charge in [-0.2, -0.15) is 0 Å². The molecule has 0 aromatic heterocycles. The first-order valence-electron chi connectivity index (χ1n) is 8.75. The van der Waals surface area contributed by atoms with Crippen LogP contribution in [-0.2, 0) is 19.1 Å². The summed E-state index contributed by atoms with van der Waals surface area (Å²) in [6.07, 6.45) is -0.724. The normalized spacial score (nSPS) is 22.8. The molecular formula is C17H19FN5O4+. The topological polar surface area (TPSA) is 85.5 Å². The van der Waals surface area contributed by atoms with Gasteiger partial charge < -0.3 is 14.5 Å². The van der Waals surface area contributed by atoms with Crippen molar-refractivity contribution in [2.75, 3.05) is 50.8 Å². The Balaban J connectivity index is 1.57. The van der Waals surface area contributed by atoms with Gasteiger partial charge in [-0.3, -0.25) is 14.5 Å². The lowest BCUT2D eigenvalue weighted by Gasteiger charge is -2.28. The summed E-state index contributed by atoms with van der Waals surface area (Å²) in [5, 5.41) is 4.33. The van der Waals surface area contributed by atoms with Crippen molar-refractivity contribution in [1.29, 1.82) is 0 Å². The van der Waals surface area contributed by atoms with Gasteiger partial charge in [0.05, 0.1) is 13.2 Å². The molecular weight excluding hydrogens is 357 g/mol. The molecule has 10 heteroatoms. The zero-order valence-electron chi connectivity index (χ0n) is 14.6. The SMILES string of the molecule is O=C(C[N+]1=NC2N(CCN2c2ccc(F)cc2)C(=O)C1=O)N1CCOCC1. The fourth-order valence-corrected chi connectivity index (χ4v) is 3.40. The van der Waals surface area contributed by atoms with E-state index in [-0.39, 0.29) is 18.3 Å².